The maximum Gasteiger partial charge on any atom is 0.318 e. The molecule has 1 fully saturated rings. The van der Waals surface area contributed by atoms with E-state index in [4.69, 9.17) is 16.3 Å². The van der Waals surface area contributed by atoms with Crippen molar-refractivity contribution in [1.82, 2.24) is 4.90 Å². The van der Waals surface area contributed by atoms with Crippen LogP contribution in [0.3, 0.4) is 0 Å². The minimum atomic E-state index is -1.13. The highest BCUT2D eigenvalue weighted by Gasteiger charge is 2.44. The maximum absolute atomic E-state index is 12.9. The molecule has 35 heavy (non-hydrogen) atoms. The number of carbonyl (C=O) groups is 1. The number of nitrogens with zero attached hydrogens (tertiary/aromatic N) is 1. The standard InChI is InChI=1S/C29H32ClNO4/c1-28(2,31-18-15-24(20-31)35-26-14-13-23(30)19-25(26)32)16-17-29(27(33)34,21-9-5-3-6-10-21)22-11-7-4-8-12-22/h3-14,19,24,32H,15-18,20H2,1-2H3,(H,33,34)/t24-/m0/s1. The van der Waals surface area contributed by atoms with Crippen molar-refractivity contribution < 1.29 is 19.7 Å². The molecular formula is C29H32ClNO4. The van der Waals surface area contributed by atoms with Crippen LogP contribution in [0.1, 0.15) is 44.2 Å². The monoisotopic (exact) mass is 493 g/mol. The molecule has 3 aromatic carbocycles. The Kier molecular flexibility index (Phi) is 7.39. The predicted molar refractivity (Wildman–Crippen MR) is 138 cm³/mol. The van der Waals surface area contributed by atoms with Crippen LogP contribution in [0.4, 0.5) is 0 Å². The van der Waals surface area contributed by atoms with Gasteiger partial charge in [0.1, 0.15) is 11.5 Å². The molecule has 1 heterocycles. The number of ether oxygens (including phenoxy) is 1. The fourth-order valence-electron chi connectivity index (χ4n) is 5.05. The summed E-state index contributed by atoms with van der Waals surface area (Å²) in [5.41, 5.74) is 0.195. The number of carboxylic acid groups (broad SMARTS) is 1. The SMILES string of the molecule is CC(C)(CCC(C(=O)O)(c1ccccc1)c1ccccc1)N1CC[C@H](Oc2ccc(Cl)cc2O)C1. The molecule has 3 aromatic rings. The van der Waals surface area contributed by atoms with E-state index in [2.05, 4.69) is 18.7 Å². The molecule has 1 aliphatic rings. The van der Waals surface area contributed by atoms with Crippen LogP contribution < -0.4 is 4.74 Å². The second-order valence-electron chi connectivity index (χ2n) is 9.84. The van der Waals surface area contributed by atoms with Crippen molar-refractivity contribution in [3.63, 3.8) is 0 Å². The number of hydrogen-bond acceptors (Lipinski definition) is 4. The van der Waals surface area contributed by atoms with Crippen molar-refractivity contribution in [2.75, 3.05) is 13.1 Å². The second kappa shape index (κ2) is 10.3. The lowest BCUT2D eigenvalue weighted by atomic mass is 9.69. The Morgan fingerprint density at radius 3 is 2.14 bits per heavy atom. The number of rotatable bonds is 9. The molecular weight excluding hydrogens is 462 g/mol. The van der Waals surface area contributed by atoms with Crippen LogP contribution in [0.25, 0.3) is 0 Å². The molecule has 0 spiro atoms. The Labute approximate surface area is 211 Å². The van der Waals surface area contributed by atoms with E-state index in [1.54, 1.807) is 12.1 Å². The molecule has 0 radical (unpaired) electrons. The third-order valence-electron chi connectivity index (χ3n) is 7.23. The molecule has 184 valence electrons. The molecule has 5 nitrogen and oxygen atoms in total. The van der Waals surface area contributed by atoms with Crippen molar-refractivity contribution in [2.45, 2.75) is 50.2 Å². The Morgan fingerprint density at radius 1 is 1.00 bits per heavy atom. The Morgan fingerprint density at radius 2 is 1.60 bits per heavy atom. The maximum atomic E-state index is 12.9. The lowest BCUT2D eigenvalue weighted by Crippen LogP contribution is -2.46. The minimum absolute atomic E-state index is 0.0344. The average Bonchev–Trinajstić information content (AvgIpc) is 3.32. The molecule has 0 amide bonds. The number of benzene rings is 3. The van der Waals surface area contributed by atoms with Gasteiger partial charge in [0.2, 0.25) is 0 Å². The number of phenols is 1. The molecule has 1 saturated heterocycles. The molecule has 0 saturated carbocycles. The summed E-state index contributed by atoms with van der Waals surface area (Å²) in [6, 6.07) is 23.9. The summed E-state index contributed by atoms with van der Waals surface area (Å²) >= 11 is 5.93. The van der Waals surface area contributed by atoms with E-state index in [1.807, 2.05) is 60.7 Å². The zero-order chi connectivity index (χ0) is 25.1. The number of hydrogen-bond donors (Lipinski definition) is 2. The van der Waals surface area contributed by atoms with Gasteiger partial charge in [0.15, 0.2) is 11.5 Å². The number of carboxylic acids is 1. The molecule has 1 atom stereocenters. The fraction of sp³-hybridized carbons (Fsp3) is 0.345. The van der Waals surface area contributed by atoms with E-state index in [1.165, 1.54) is 6.07 Å². The third kappa shape index (κ3) is 5.31. The summed E-state index contributed by atoms with van der Waals surface area (Å²) in [6.07, 6.45) is 1.91. The summed E-state index contributed by atoms with van der Waals surface area (Å²) < 4.78 is 6.06. The lowest BCUT2D eigenvalue weighted by Gasteiger charge is -2.39. The molecule has 6 heteroatoms. The smallest absolute Gasteiger partial charge is 0.318 e. The quantitative estimate of drug-likeness (QED) is 0.375. The van der Waals surface area contributed by atoms with Gasteiger partial charge in [0.25, 0.3) is 0 Å². The van der Waals surface area contributed by atoms with Crippen LogP contribution in [0.5, 0.6) is 11.5 Å². The molecule has 0 bridgehead atoms. The number of phenolic OH excluding ortho intramolecular Hbond substituents is 1. The van der Waals surface area contributed by atoms with E-state index < -0.39 is 11.4 Å². The topological polar surface area (TPSA) is 70.0 Å². The van der Waals surface area contributed by atoms with Crippen LogP contribution in [-0.2, 0) is 10.2 Å². The summed E-state index contributed by atoms with van der Waals surface area (Å²) in [5.74, 6) is -0.379. The fourth-order valence-corrected chi connectivity index (χ4v) is 5.22. The second-order valence-corrected chi connectivity index (χ2v) is 10.3. The summed E-state index contributed by atoms with van der Waals surface area (Å²) in [7, 11) is 0. The van der Waals surface area contributed by atoms with Gasteiger partial charge in [-0.05, 0) is 56.4 Å². The van der Waals surface area contributed by atoms with Crippen LogP contribution in [-0.4, -0.2) is 45.8 Å². The number of likely N-dealkylation sites (tertiary alicyclic amines) is 1. The summed E-state index contributed by atoms with van der Waals surface area (Å²) in [4.78, 5) is 15.3. The first-order chi connectivity index (χ1) is 16.7. The molecule has 2 N–H and O–H groups in total. The molecule has 0 unspecified atom stereocenters. The summed E-state index contributed by atoms with van der Waals surface area (Å²) in [6.45, 7) is 5.87. The highest BCUT2D eigenvalue weighted by molar-refractivity contribution is 6.30. The van der Waals surface area contributed by atoms with Gasteiger partial charge in [0, 0.05) is 29.7 Å². The van der Waals surface area contributed by atoms with Crippen LogP contribution in [0, 0.1) is 0 Å². The van der Waals surface area contributed by atoms with E-state index >= 15 is 0 Å². The Balaban J connectivity index is 1.52. The van der Waals surface area contributed by atoms with Gasteiger partial charge in [-0.3, -0.25) is 9.69 Å². The van der Waals surface area contributed by atoms with Crippen molar-refractivity contribution in [3.05, 3.63) is 95.0 Å². The van der Waals surface area contributed by atoms with Crippen molar-refractivity contribution in [3.8, 4) is 11.5 Å². The molecule has 1 aliphatic heterocycles. The first-order valence-electron chi connectivity index (χ1n) is 12.0. The highest BCUT2D eigenvalue weighted by Crippen LogP contribution is 2.40. The van der Waals surface area contributed by atoms with Crippen molar-refractivity contribution >= 4 is 17.6 Å². The largest absolute Gasteiger partial charge is 0.504 e. The van der Waals surface area contributed by atoms with Crippen LogP contribution >= 0.6 is 11.6 Å². The van der Waals surface area contributed by atoms with Crippen molar-refractivity contribution in [1.29, 1.82) is 0 Å². The number of aromatic hydroxyl groups is 1. The van der Waals surface area contributed by atoms with Gasteiger partial charge in [-0.15, -0.1) is 0 Å². The van der Waals surface area contributed by atoms with E-state index in [0.717, 1.165) is 24.1 Å². The van der Waals surface area contributed by atoms with Gasteiger partial charge >= 0.3 is 5.97 Å². The normalized spacial score (nSPS) is 16.8. The van der Waals surface area contributed by atoms with Crippen molar-refractivity contribution in [2.24, 2.45) is 0 Å². The molecule has 0 aromatic heterocycles. The number of halogens is 1. The van der Waals surface area contributed by atoms with Gasteiger partial charge in [-0.25, -0.2) is 0 Å². The van der Waals surface area contributed by atoms with Crippen LogP contribution in [0.15, 0.2) is 78.9 Å². The predicted octanol–water partition coefficient (Wildman–Crippen LogP) is 6.13. The zero-order valence-corrected chi connectivity index (χ0v) is 20.9. The molecule has 0 aliphatic carbocycles. The third-order valence-corrected chi connectivity index (χ3v) is 7.46. The zero-order valence-electron chi connectivity index (χ0n) is 20.2. The minimum Gasteiger partial charge on any atom is -0.504 e. The first-order valence-corrected chi connectivity index (χ1v) is 12.3. The van der Waals surface area contributed by atoms with Crippen LogP contribution in [0.2, 0.25) is 5.02 Å². The average molecular weight is 494 g/mol. The number of aliphatic carboxylic acids is 1. The Bertz CT molecular complexity index is 1110. The van der Waals surface area contributed by atoms with E-state index in [-0.39, 0.29) is 17.4 Å². The lowest BCUT2D eigenvalue weighted by molar-refractivity contribution is -0.142. The van der Waals surface area contributed by atoms with Gasteiger partial charge in [-0.2, -0.15) is 0 Å². The summed E-state index contributed by atoms with van der Waals surface area (Å²) in [5, 5.41) is 21.2. The van der Waals surface area contributed by atoms with Gasteiger partial charge in [0.05, 0.1) is 0 Å². The Hall–Kier alpha value is -3.02. The van der Waals surface area contributed by atoms with E-state index in [9.17, 15) is 15.0 Å². The first kappa shape index (κ1) is 25.1. The van der Waals surface area contributed by atoms with E-state index in [0.29, 0.717) is 30.2 Å². The highest BCUT2D eigenvalue weighted by atomic mass is 35.5. The van der Waals surface area contributed by atoms with Gasteiger partial charge < -0.3 is 14.9 Å². The van der Waals surface area contributed by atoms with Gasteiger partial charge in [-0.1, -0.05) is 72.3 Å². The molecule has 4 rings (SSSR count).